The summed E-state index contributed by atoms with van der Waals surface area (Å²) in [4.78, 5) is 3.82. The Morgan fingerprint density at radius 3 is 2.62 bits per heavy atom. The van der Waals surface area contributed by atoms with Crippen molar-refractivity contribution < 1.29 is 0 Å². The van der Waals surface area contributed by atoms with E-state index in [9.17, 15) is 0 Å². The summed E-state index contributed by atoms with van der Waals surface area (Å²) in [6.07, 6.45) is 5.14. The van der Waals surface area contributed by atoms with E-state index in [1.807, 2.05) is 14.0 Å². The minimum Gasteiger partial charge on any atom is -0.327 e. The molecule has 46 valence electrons. The zero-order chi connectivity index (χ0) is 6.41. The number of thiol groups is 1. The van der Waals surface area contributed by atoms with Crippen molar-refractivity contribution >= 4 is 19.0 Å². The molecule has 0 bridgehead atoms. The van der Waals surface area contributed by atoms with Crippen LogP contribution in [0.5, 0.6) is 0 Å². The van der Waals surface area contributed by atoms with E-state index < -0.39 is 0 Å². The minimum absolute atomic E-state index is 1.63. The van der Waals surface area contributed by atoms with Gasteiger partial charge in [0.2, 0.25) is 0 Å². The summed E-state index contributed by atoms with van der Waals surface area (Å²) in [6, 6.07) is 0. The lowest BCUT2D eigenvalue weighted by atomic mass is 10.8. The van der Waals surface area contributed by atoms with Crippen LogP contribution in [0.4, 0.5) is 0 Å². The van der Waals surface area contributed by atoms with E-state index in [1.165, 1.54) is 0 Å². The highest BCUT2D eigenvalue weighted by Gasteiger charge is 1.70. The van der Waals surface area contributed by atoms with E-state index in [2.05, 4.69) is 17.8 Å². The molecule has 0 aliphatic carbocycles. The summed E-state index contributed by atoms with van der Waals surface area (Å²) in [5.41, 5.74) is 0. The Hall–Kier alpha value is -0.440. The van der Waals surface area contributed by atoms with E-state index in [4.69, 9.17) is 0 Å². The van der Waals surface area contributed by atoms with Crippen LogP contribution in [0.25, 0.3) is 0 Å². The van der Waals surface area contributed by atoms with Gasteiger partial charge in [-0.25, -0.2) is 0 Å². The highest BCUT2D eigenvalue weighted by Crippen LogP contribution is 1.86. The van der Waals surface area contributed by atoms with E-state index >= 15 is 0 Å². The largest absolute Gasteiger partial charge is 0.327 e. The van der Waals surface area contributed by atoms with Gasteiger partial charge in [0.15, 0.2) is 0 Å². The summed E-state index contributed by atoms with van der Waals surface area (Å²) in [5.74, 6) is 0. The van der Waals surface area contributed by atoms with Crippen LogP contribution < -0.4 is 0 Å². The predicted molar refractivity (Wildman–Crippen MR) is 40.1 cm³/mol. The van der Waals surface area contributed by atoms with Crippen molar-refractivity contribution in [3.8, 4) is 0 Å². The first kappa shape index (κ1) is 7.56. The molecular formula is C5H10N2S. The molecule has 0 amide bonds. The summed E-state index contributed by atoms with van der Waals surface area (Å²) < 4.78 is 1.63. The van der Waals surface area contributed by atoms with Gasteiger partial charge in [-0.2, -0.15) is 0 Å². The average Bonchev–Trinajstić information content (AvgIpc) is 1.66. The first-order valence-corrected chi connectivity index (χ1v) is 2.73. The third kappa shape index (κ3) is 5.56. The van der Waals surface area contributed by atoms with Gasteiger partial charge in [0, 0.05) is 25.7 Å². The Kier molecular flexibility index (Phi) is 4.45. The Morgan fingerprint density at radius 1 is 1.62 bits per heavy atom. The first-order valence-electron chi connectivity index (χ1n) is 2.33. The lowest BCUT2D eigenvalue weighted by Gasteiger charge is -1.97. The van der Waals surface area contributed by atoms with Gasteiger partial charge in [-0.05, 0) is 6.92 Å². The van der Waals surface area contributed by atoms with Crippen molar-refractivity contribution in [2.75, 3.05) is 7.05 Å². The summed E-state index contributed by atoms with van der Waals surface area (Å²) >= 11 is 3.94. The van der Waals surface area contributed by atoms with Gasteiger partial charge < -0.3 is 4.31 Å². The second-order valence-electron chi connectivity index (χ2n) is 1.28. The van der Waals surface area contributed by atoms with Crippen LogP contribution in [-0.2, 0) is 0 Å². The van der Waals surface area contributed by atoms with Crippen molar-refractivity contribution in [1.29, 1.82) is 0 Å². The smallest absolute Gasteiger partial charge is 0.0431 e. The maximum absolute atomic E-state index is 3.94. The number of hydrogen-bond donors (Lipinski definition) is 1. The Labute approximate surface area is 55.5 Å². The standard InChI is InChI=1S/C5H10N2S/c1-3-6-4-5-7(2)8/h3-5,8H,1-2H3/b5-4-,6-3-. The minimum atomic E-state index is 1.63. The molecule has 0 aliphatic rings. The van der Waals surface area contributed by atoms with Gasteiger partial charge in [0.05, 0.1) is 0 Å². The van der Waals surface area contributed by atoms with Crippen LogP contribution in [0.1, 0.15) is 6.92 Å². The molecule has 3 heteroatoms. The Bertz CT molecular complexity index is 96.6. The van der Waals surface area contributed by atoms with Gasteiger partial charge in [0.25, 0.3) is 0 Å². The topological polar surface area (TPSA) is 15.6 Å². The Balaban J connectivity index is 3.34. The molecule has 8 heavy (non-hydrogen) atoms. The number of aliphatic imine (C=N–C) groups is 1. The van der Waals surface area contributed by atoms with Crippen molar-refractivity contribution in [1.82, 2.24) is 4.31 Å². The van der Waals surface area contributed by atoms with E-state index in [-0.39, 0.29) is 0 Å². The Morgan fingerprint density at radius 2 is 2.25 bits per heavy atom. The molecule has 0 rings (SSSR count). The lowest BCUT2D eigenvalue weighted by Crippen LogP contribution is -1.89. The SMILES string of the molecule is C/C=N\C=C/N(C)S. The molecule has 0 aromatic rings. The molecule has 0 N–H and O–H groups in total. The molecule has 0 unspecified atom stereocenters. The van der Waals surface area contributed by atoms with Crippen LogP contribution in [0, 0.1) is 0 Å². The number of hydrogen-bond acceptors (Lipinski definition) is 3. The predicted octanol–water partition coefficient (Wildman–Crippen LogP) is 1.32. The fourth-order valence-electron chi connectivity index (χ4n) is 0.221. The van der Waals surface area contributed by atoms with Gasteiger partial charge in [-0.1, -0.05) is 12.8 Å². The van der Waals surface area contributed by atoms with Crippen molar-refractivity contribution in [3.63, 3.8) is 0 Å². The lowest BCUT2D eigenvalue weighted by molar-refractivity contribution is 0.783. The normalized spacial score (nSPS) is 11.4. The van der Waals surface area contributed by atoms with Gasteiger partial charge in [-0.3, -0.25) is 4.99 Å². The third-order valence-corrected chi connectivity index (χ3v) is 0.651. The van der Waals surface area contributed by atoms with Crippen LogP contribution in [0.3, 0.4) is 0 Å². The highest BCUT2D eigenvalue weighted by molar-refractivity contribution is 7.77. The van der Waals surface area contributed by atoms with Crippen LogP contribution >= 0.6 is 12.8 Å². The van der Waals surface area contributed by atoms with Crippen LogP contribution in [-0.4, -0.2) is 17.6 Å². The van der Waals surface area contributed by atoms with Gasteiger partial charge >= 0.3 is 0 Å². The molecule has 0 fully saturated rings. The van der Waals surface area contributed by atoms with Gasteiger partial charge in [0.1, 0.15) is 0 Å². The maximum Gasteiger partial charge on any atom is 0.0431 e. The molecule has 0 saturated heterocycles. The highest BCUT2D eigenvalue weighted by atomic mass is 32.1. The quantitative estimate of drug-likeness (QED) is 0.440. The molecular weight excluding hydrogens is 120 g/mol. The molecule has 2 nitrogen and oxygen atoms in total. The first-order chi connectivity index (χ1) is 3.77. The third-order valence-electron chi connectivity index (χ3n) is 0.518. The zero-order valence-corrected chi connectivity index (χ0v) is 5.97. The molecule has 0 aliphatic heterocycles. The van der Waals surface area contributed by atoms with Crippen molar-refractivity contribution in [2.45, 2.75) is 6.92 Å². The second-order valence-corrected chi connectivity index (χ2v) is 1.91. The molecule has 0 atom stereocenters. The van der Waals surface area contributed by atoms with E-state index in [0.717, 1.165) is 0 Å². The van der Waals surface area contributed by atoms with E-state index in [1.54, 1.807) is 22.9 Å². The van der Waals surface area contributed by atoms with Crippen molar-refractivity contribution in [2.24, 2.45) is 4.99 Å². The van der Waals surface area contributed by atoms with E-state index in [0.29, 0.717) is 0 Å². The molecule has 0 saturated carbocycles. The zero-order valence-electron chi connectivity index (χ0n) is 5.07. The summed E-state index contributed by atoms with van der Waals surface area (Å²) in [7, 11) is 1.82. The summed E-state index contributed by atoms with van der Waals surface area (Å²) in [5, 5.41) is 0. The second kappa shape index (κ2) is 4.71. The summed E-state index contributed by atoms with van der Waals surface area (Å²) in [6.45, 7) is 1.86. The number of nitrogens with zero attached hydrogens (tertiary/aromatic N) is 2. The van der Waals surface area contributed by atoms with Crippen molar-refractivity contribution in [3.05, 3.63) is 12.4 Å². The van der Waals surface area contributed by atoms with Crippen LogP contribution in [0.2, 0.25) is 0 Å². The number of rotatable bonds is 2. The fourth-order valence-corrected chi connectivity index (χ4v) is 0.281. The molecule has 0 aromatic carbocycles. The molecule has 0 radical (unpaired) electrons. The van der Waals surface area contributed by atoms with Crippen LogP contribution in [0.15, 0.2) is 17.4 Å². The molecule has 0 spiro atoms. The average molecular weight is 130 g/mol. The monoisotopic (exact) mass is 130 g/mol. The van der Waals surface area contributed by atoms with Gasteiger partial charge in [-0.15, -0.1) is 0 Å². The fraction of sp³-hybridized carbons (Fsp3) is 0.400. The maximum atomic E-state index is 3.94. The molecule has 0 heterocycles. The molecule has 0 aromatic heterocycles.